The van der Waals surface area contributed by atoms with Crippen molar-refractivity contribution in [2.45, 2.75) is 112 Å². The highest BCUT2D eigenvalue weighted by molar-refractivity contribution is 7.46. The van der Waals surface area contributed by atoms with Crippen molar-refractivity contribution in [1.82, 2.24) is 0 Å². The molecule has 0 aromatic rings. The molecule has 0 radical (unpaired) electrons. The van der Waals surface area contributed by atoms with E-state index in [1.807, 2.05) is 0 Å². The molecule has 0 spiro atoms. The van der Waals surface area contributed by atoms with Crippen LogP contribution in [0.25, 0.3) is 0 Å². The van der Waals surface area contributed by atoms with E-state index < -0.39 is 23.5 Å². The predicted molar refractivity (Wildman–Crippen MR) is 123 cm³/mol. The van der Waals surface area contributed by atoms with Gasteiger partial charge in [-0.2, -0.15) is 0 Å². The predicted octanol–water partition coefficient (Wildman–Crippen LogP) is 7.35. The van der Waals surface area contributed by atoms with Crippen LogP contribution in [0, 0.1) is 10.8 Å². The van der Waals surface area contributed by atoms with Crippen LogP contribution in [0.1, 0.15) is 62.3 Å². The second-order valence-electron chi connectivity index (χ2n) is 13.3. The number of hydrogen-bond donors (Lipinski definition) is 0. The molecule has 1 aliphatic rings. The van der Waals surface area contributed by atoms with Crippen LogP contribution < -0.4 is 0 Å². The van der Waals surface area contributed by atoms with Crippen LogP contribution in [0.4, 0.5) is 0 Å². The fourth-order valence-electron chi connectivity index (χ4n) is 5.66. The van der Waals surface area contributed by atoms with Gasteiger partial charge in [-0.25, -0.2) is 0 Å². The molecule has 0 aromatic carbocycles. The van der Waals surface area contributed by atoms with Crippen molar-refractivity contribution < 1.29 is 4.43 Å². The summed E-state index contributed by atoms with van der Waals surface area (Å²) in [5, 5.41) is 0.255. The van der Waals surface area contributed by atoms with E-state index >= 15 is 0 Å². The third kappa shape index (κ3) is 3.45. The maximum atomic E-state index is 7.40. The summed E-state index contributed by atoms with van der Waals surface area (Å²) in [5.74, 6) is 0. The quantitative estimate of drug-likeness (QED) is 0.451. The SMILES string of the molecule is CC(C)(C)C1=C[Si@@](C(C)(C)C)([Si](C)(C)C)[C@]1(O[Si](C)(C)C)C(C)(C)C. The van der Waals surface area contributed by atoms with Crippen LogP contribution in [-0.4, -0.2) is 28.7 Å². The summed E-state index contributed by atoms with van der Waals surface area (Å²) in [4.78, 5) is 0. The second-order valence-corrected chi connectivity index (χ2v) is 33.2. The van der Waals surface area contributed by atoms with E-state index in [0.717, 1.165) is 0 Å². The van der Waals surface area contributed by atoms with Gasteiger partial charge < -0.3 is 4.43 Å². The molecule has 0 aromatic heterocycles. The van der Waals surface area contributed by atoms with Crippen molar-refractivity contribution in [1.29, 1.82) is 0 Å². The number of hydrogen-bond acceptors (Lipinski definition) is 1. The lowest BCUT2D eigenvalue weighted by Gasteiger charge is -2.73. The molecule has 0 fully saturated rings. The topological polar surface area (TPSA) is 9.23 Å². The molecule has 0 unspecified atom stereocenters. The van der Waals surface area contributed by atoms with E-state index in [1.165, 1.54) is 0 Å². The lowest BCUT2D eigenvalue weighted by Crippen LogP contribution is -2.86. The van der Waals surface area contributed by atoms with Gasteiger partial charge in [-0.05, 0) is 41.1 Å². The lowest BCUT2D eigenvalue weighted by molar-refractivity contribution is 0.0331. The zero-order valence-corrected chi connectivity index (χ0v) is 23.0. The third-order valence-electron chi connectivity index (χ3n) is 5.98. The van der Waals surface area contributed by atoms with Crippen molar-refractivity contribution >= 4 is 23.5 Å². The highest BCUT2D eigenvalue weighted by Crippen LogP contribution is 2.67. The first-order chi connectivity index (χ1) is 10.5. The molecule has 1 heterocycles. The number of rotatable bonds is 3. The Hall–Kier alpha value is 0.351. The molecule has 0 N–H and O–H groups in total. The van der Waals surface area contributed by atoms with Crippen LogP contribution in [0.2, 0.25) is 44.3 Å². The Morgan fingerprint density at radius 2 is 1.20 bits per heavy atom. The van der Waals surface area contributed by atoms with Gasteiger partial charge in [0, 0.05) is 7.59 Å². The molecular formula is C21H46OSi3. The Kier molecular flexibility index (Phi) is 5.54. The highest BCUT2D eigenvalue weighted by atomic mass is 29.3. The van der Waals surface area contributed by atoms with Gasteiger partial charge in [0.05, 0.1) is 5.22 Å². The third-order valence-corrected chi connectivity index (χ3v) is 25.6. The van der Waals surface area contributed by atoms with E-state index in [4.69, 9.17) is 4.43 Å². The van der Waals surface area contributed by atoms with Gasteiger partial charge in [0.25, 0.3) is 0 Å². The molecule has 0 saturated carbocycles. The molecule has 148 valence electrons. The molecule has 0 bridgehead atoms. The maximum Gasteiger partial charge on any atom is 0.184 e. The van der Waals surface area contributed by atoms with Crippen LogP contribution in [0.15, 0.2) is 11.3 Å². The average molecular weight is 399 g/mol. The van der Waals surface area contributed by atoms with Crippen LogP contribution in [0.5, 0.6) is 0 Å². The first kappa shape index (κ1) is 23.4. The minimum atomic E-state index is -1.85. The summed E-state index contributed by atoms with van der Waals surface area (Å²) in [5.41, 5.74) is 4.68. The zero-order chi connectivity index (χ0) is 20.5. The minimum Gasteiger partial charge on any atom is -0.411 e. The summed E-state index contributed by atoms with van der Waals surface area (Å²) >= 11 is 0. The van der Waals surface area contributed by atoms with E-state index in [-0.39, 0.29) is 16.1 Å². The Bertz CT molecular complexity index is 528. The van der Waals surface area contributed by atoms with Gasteiger partial charge in [0.15, 0.2) is 8.32 Å². The van der Waals surface area contributed by atoms with Crippen LogP contribution in [0.3, 0.4) is 0 Å². The molecule has 0 aliphatic carbocycles. The summed E-state index contributed by atoms with van der Waals surface area (Å²) in [6, 6.07) is 0. The van der Waals surface area contributed by atoms with E-state index in [0.29, 0.717) is 5.04 Å². The normalized spacial score (nSPS) is 29.3. The van der Waals surface area contributed by atoms with Crippen molar-refractivity contribution in [3.63, 3.8) is 0 Å². The van der Waals surface area contributed by atoms with Crippen molar-refractivity contribution in [2.24, 2.45) is 10.8 Å². The average Bonchev–Trinajstić information content (AvgIpc) is 2.14. The highest BCUT2D eigenvalue weighted by Gasteiger charge is 2.76. The first-order valence-electron chi connectivity index (χ1n) is 9.99. The Morgan fingerprint density at radius 1 is 0.800 bits per heavy atom. The maximum absolute atomic E-state index is 7.40. The molecule has 0 amide bonds. The molecule has 1 aliphatic heterocycles. The summed E-state index contributed by atoms with van der Waals surface area (Å²) in [6.45, 7) is 37.0. The van der Waals surface area contributed by atoms with Gasteiger partial charge >= 0.3 is 0 Å². The van der Waals surface area contributed by atoms with Crippen molar-refractivity contribution in [3.05, 3.63) is 11.3 Å². The Labute approximate surface area is 162 Å². The molecule has 25 heavy (non-hydrogen) atoms. The molecule has 0 saturated heterocycles. The molecule has 1 rings (SSSR count). The fraction of sp³-hybridized carbons (Fsp3) is 0.905. The zero-order valence-electron chi connectivity index (χ0n) is 20.0. The fourth-order valence-corrected chi connectivity index (χ4v) is 30.5. The van der Waals surface area contributed by atoms with E-state index in [9.17, 15) is 0 Å². The van der Waals surface area contributed by atoms with Gasteiger partial charge in [-0.3, -0.25) is 0 Å². The molecule has 4 heteroatoms. The van der Waals surface area contributed by atoms with E-state index in [2.05, 4.69) is 107 Å². The monoisotopic (exact) mass is 398 g/mol. The van der Waals surface area contributed by atoms with Crippen LogP contribution >= 0.6 is 0 Å². The van der Waals surface area contributed by atoms with E-state index in [1.54, 1.807) is 5.57 Å². The first-order valence-corrected chi connectivity index (χ1v) is 20.0. The van der Waals surface area contributed by atoms with Gasteiger partial charge in [0.2, 0.25) is 0 Å². The minimum absolute atomic E-state index is 0.0502. The smallest absolute Gasteiger partial charge is 0.184 e. The largest absolute Gasteiger partial charge is 0.411 e. The van der Waals surface area contributed by atoms with Gasteiger partial charge in [0.1, 0.15) is 7.59 Å². The Balaban J connectivity index is 4.04. The lowest BCUT2D eigenvalue weighted by atomic mass is 9.73. The Morgan fingerprint density at radius 3 is 1.40 bits per heavy atom. The van der Waals surface area contributed by atoms with Crippen molar-refractivity contribution in [3.8, 4) is 0 Å². The molecule has 2 atom stereocenters. The van der Waals surface area contributed by atoms with Gasteiger partial charge in [-0.1, -0.05) is 87.7 Å². The van der Waals surface area contributed by atoms with Gasteiger partial charge in [-0.15, -0.1) is 0 Å². The summed E-state index contributed by atoms with van der Waals surface area (Å²) in [6.07, 6.45) is 0. The van der Waals surface area contributed by atoms with Crippen molar-refractivity contribution in [2.75, 3.05) is 0 Å². The second kappa shape index (κ2) is 5.92. The van der Waals surface area contributed by atoms with Crippen LogP contribution in [-0.2, 0) is 4.43 Å². The summed E-state index contributed by atoms with van der Waals surface area (Å²) < 4.78 is 7.40. The molecule has 1 nitrogen and oxygen atoms in total. The molecular weight excluding hydrogens is 352 g/mol. The standard InChI is InChI=1S/C21H46OSi3/c1-18(2,3)17-16-25(20(7,8)9,24(13,14)15)21(17,19(4,5)6)22-23(10,11)12/h16H,1-15H3/t21-,25-/m0/s1. The summed E-state index contributed by atoms with van der Waals surface area (Å²) in [7, 11) is -5.04.